The SMILES string of the molecule is Fc1cccc(C2C3c4cc5c6c7c(cc8cc9c%10c%11c(cc%12cc%13c%14c(c%15c4c6c4c%15c6c%14c%12c%11c6c6c%10c8c7c46)C23C%13)C9)C5)c1. The fourth-order valence-corrected chi connectivity index (χ4v) is 14.7. The summed E-state index contributed by atoms with van der Waals surface area (Å²) in [6.45, 7) is 0. The minimum absolute atomic E-state index is 0.0115. The second-order valence-corrected chi connectivity index (χ2v) is 16.7. The van der Waals surface area contributed by atoms with Crippen LogP contribution in [0, 0.1) is 5.82 Å². The van der Waals surface area contributed by atoms with Crippen LogP contribution in [0.4, 0.5) is 4.39 Å². The van der Waals surface area contributed by atoms with Crippen molar-refractivity contribution >= 4 is 118 Å². The maximum Gasteiger partial charge on any atom is 0.123 e. The second-order valence-electron chi connectivity index (χ2n) is 16.7. The zero-order chi connectivity index (χ0) is 29.0. The lowest BCUT2D eigenvalue weighted by atomic mass is 9.80. The molecule has 0 bridgehead atoms. The first-order valence-corrected chi connectivity index (χ1v) is 17.5. The monoisotopic (exact) mass is 588 g/mol. The summed E-state index contributed by atoms with van der Waals surface area (Å²) in [5.41, 5.74) is 12.1. The number of fused-ring (bicyclic) bond motifs is 1. The first kappa shape index (κ1) is 20.1. The second kappa shape index (κ2) is 5.15. The Morgan fingerprint density at radius 3 is 1.57 bits per heavy atom. The Bertz CT molecular complexity index is 3780. The molecule has 0 aliphatic heterocycles. The van der Waals surface area contributed by atoms with Crippen LogP contribution in [0.15, 0.2) is 54.6 Å². The Morgan fingerprint density at radius 2 is 0.957 bits per heavy atom. The topological polar surface area (TPSA) is 0 Å². The molecule has 208 valence electrons. The highest BCUT2D eigenvalue weighted by molar-refractivity contribution is 6.65. The van der Waals surface area contributed by atoms with Gasteiger partial charge in [-0.25, -0.2) is 4.39 Å². The first-order chi connectivity index (χ1) is 23.2. The highest BCUT2D eigenvalue weighted by Gasteiger charge is 2.71. The van der Waals surface area contributed by atoms with Gasteiger partial charge in [0.25, 0.3) is 0 Å². The molecule has 3 atom stereocenters. The summed E-state index contributed by atoms with van der Waals surface area (Å²) >= 11 is 0. The van der Waals surface area contributed by atoms with Crippen molar-refractivity contribution in [1.29, 1.82) is 0 Å². The molecule has 0 heterocycles. The molecule has 47 heavy (non-hydrogen) atoms. The van der Waals surface area contributed by atoms with Crippen LogP contribution in [0.2, 0.25) is 0 Å². The third-order valence-electron chi connectivity index (χ3n) is 15.5. The summed E-state index contributed by atoms with van der Waals surface area (Å²) < 4.78 is 15.0. The van der Waals surface area contributed by atoms with E-state index in [1.54, 1.807) is 147 Å². The third-order valence-corrected chi connectivity index (χ3v) is 15.5. The van der Waals surface area contributed by atoms with E-state index in [1.165, 1.54) is 21.9 Å². The van der Waals surface area contributed by atoms with Crippen LogP contribution in [0.5, 0.6) is 0 Å². The summed E-state index contributed by atoms with van der Waals surface area (Å²) in [5.74, 6) is 0.604. The van der Waals surface area contributed by atoms with Crippen LogP contribution in [0.1, 0.15) is 56.3 Å². The van der Waals surface area contributed by atoms with Crippen molar-refractivity contribution in [1.82, 2.24) is 0 Å². The molecule has 3 unspecified atom stereocenters. The van der Waals surface area contributed by atoms with Crippen LogP contribution >= 0.6 is 0 Å². The number of halogens is 1. The molecule has 0 N–H and O–H groups in total. The van der Waals surface area contributed by atoms with Gasteiger partial charge in [-0.3, -0.25) is 0 Å². The van der Waals surface area contributed by atoms with Gasteiger partial charge in [0, 0.05) is 17.3 Å². The van der Waals surface area contributed by atoms with Crippen molar-refractivity contribution in [3.05, 3.63) is 105 Å². The Kier molecular flexibility index (Phi) is 2.20. The first-order valence-electron chi connectivity index (χ1n) is 17.5. The van der Waals surface area contributed by atoms with Crippen molar-refractivity contribution in [2.45, 2.75) is 36.5 Å². The fraction of sp³-hybridized carbons (Fsp3) is 0.130. The van der Waals surface area contributed by atoms with Gasteiger partial charge in [-0.2, -0.15) is 0 Å². The molecule has 1 saturated carbocycles. The lowest BCUT2D eigenvalue weighted by Gasteiger charge is -2.21. The number of rotatable bonds is 1. The Labute approximate surface area is 263 Å². The molecule has 0 aromatic heterocycles. The van der Waals surface area contributed by atoms with E-state index in [4.69, 9.17) is 0 Å². The summed E-state index contributed by atoms with van der Waals surface area (Å²) in [5, 5.41) is 34.5. The maximum atomic E-state index is 15.0. The molecule has 0 radical (unpaired) electrons. The van der Waals surface area contributed by atoms with Crippen LogP contribution in [0.25, 0.3) is 118 Å². The van der Waals surface area contributed by atoms with Gasteiger partial charge in [-0.05, 0) is 194 Å². The van der Waals surface area contributed by atoms with Crippen molar-refractivity contribution in [3.63, 3.8) is 0 Å². The number of benzene rings is 10. The molecule has 5 aliphatic rings. The highest BCUT2D eigenvalue weighted by atomic mass is 19.1. The average Bonchev–Trinajstić information content (AvgIpc) is 3.67. The summed E-state index contributed by atoms with van der Waals surface area (Å²) in [7, 11) is 0. The quantitative estimate of drug-likeness (QED) is 0.167. The van der Waals surface area contributed by atoms with Crippen LogP contribution in [-0.2, 0) is 24.7 Å². The van der Waals surface area contributed by atoms with Crippen LogP contribution in [0.3, 0.4) is 0 Å². The van der Waals surface area contributed by atoms with E-state index in [-0.39, 0.29) is 11.2 Å². The van der Waals surface area contributed by atoms with E-state index in [0.717, 1.165) is 19.3 Å². The van der Waals surface area contributed by atoms with E-state index >= 15 is 0 Å². The lowest BCUT2D eigenvalue weighted by Crippen LogP contribution is -2.13. The molecule has 13 aromatic carbocycles. The number of hydrogen-bond acceptors (Lipinski definition) is 0. The van der Waals surface area contributed by atoms with Crippen LogP contribution < -0.4 is 0 Å². The van der Waals surface area contributed by atoms with E-state index in [1.807, 2.05) is 12.1 Å². The van der Waals surface area contributed by atoms with Crippen molar-refractivity contribution in [3.8, 4) is 0 Å². The molecule has 1 heteroatoms. The third kappa shape index (κ3) is 1.44. The molecule has 0 amide bonds. The molecule has 5 aliphatic carbocycles. The maximum absolute atomic E-state index is 15.0. The van der Waals surface area contributed by atoms with Crippen molar-refractivity contribution in [2.24, 2.45) is 0 Å². The largest absolute Gasteiger partial charge is 0.207 e. The normalized spacial score (nSPS) is 23.7. The fourth-order valence-electron chi connectivity index (χ4n) is 14.7. The molecule has 0 nitrogen and oxygen atoms in total. The summed E-state index contributed by atoms with van der Waals surface area (Å²) in [6, 6.07) is 20.7. The van der Waals surface area contributed by atoms with Gasteiger partial charge in [-0.1, -0.05) is 42.5 Å². The van der Waals surface area contributed by atoms with Gasteiger partial charge in [0.05, 0.1) is 0 Å². The molecule has 18 rings (SSSR count). The Morgan fingerprint density at radius 1 is 0.447 bits per heavy atom. The van der Waals surface area contributed by atoms with Crippen LogP contribution in [-0.4, -0.2) is 0 Å². The van der Waals surface area contributed by atoms with Gasteiger partial charge in [0.15, 0.2) is 0 Å². The van der Waals surface area contributed by atoms with Gasteiger partial charge in [0.1, 0.15) is 5.82 Å². The molecular weight excluding hydrogens is 572 g/mol. The van der Waals surface area contributed by atoms with E-state index < -0.39 is 0 Å². The summed E-state index contributed by atoms with van der Waals surface area (Å²) in [6.07, 6.45) is 3.15. The van der Waals surface area contributed by atoms with E-state index in [9.17, 15) is 4.39 Å². The Balaban J connectivity index is 1.28. The molecule has 0 saturated heterocycles. The van der Waals surface area contributed by atoms with Crippen molar-refractivity contribution in [2.75, 3.05) is 0 Å². The molecular formula is C46H17F. The average molecular weight is 589 g/mol. The smallest absolute Gasteiger partial charge is 0.123 e. The van der Waals surface area contributed by atoms with E-state index in [2.05, 4.69) is 36.4 Å². The Hall–Kier alpha value is -5.27. The minimum Gasteiger partial charge on any atom is -0.207 e. The van der Waals surface area contributed by atoms with E-state index in [0.29, 0.717) is 11.8 Å². The van der Waals surface area contributed by atoms with Crippen molar-refractivity contribution < 1.29 is 4.39 Å². The van der Waals surface area contributed by atoms with Gasteiger partial charge in [-0.15, -0.1) is 0 Å². The zero-order valence-corrected chi connectivity index (χ0v) is 24.9. The standard InChI is InChI=1S/C46H17F/c47-21-3-1-2-13(10-21)43-44-22-11-19-8-16-6-17-5-14-4-15-7-18-9-20-12-46(43,44)45-29(20)34-28(18)33-24(15)23(14)31-27(17)32-25(16)26(19)35-30(22)42(45)41-39(34)37(33)36(31)38(32)40(35)41/h1-3,5-7,9-11,43-44H,4,8,12H2. The number of hydrogen-bond donors (Lipinski definition) is 0. The molecule has 1 fully saturated rings. The van der Waals surface area contributed by atoms with Gasteiger partial charge >= 0.3 is 0 Å². The predicted octanol–water partition coefficient (Wildman–Crippen LogP) is 11.5. The highest BCUT2D eigenvalue weighted by Crippen LogP contribution is 2.81. The minimum atomic E-state index is -0.103. The molecule has 13 aromatic rings. The zero-order valence-electron chi connectivity index (χ0n) is 24.9. The van der Waals surface area contributed by atoms with Gasteiger partial charge < -0.3 is 0 Å². The summed E-state index contributed by atoms with van der Waals surface area (Å²) in [4.78, 5) is 0. The van der Waals surface area contributed by atoms with Gasteiger partial charge in [0.2, 0.25) is 0 Å². The molecule has 1 spiro atoms. The lowest BCUT2D eigenvalue weighted by molar-refractivity contribution is 0.622. The predicted molar refractivity (Wildman–Crippen MR) is 191 cm³/mol.